The number of carbonyl (C=O) groups excluding carboxylic acids is 1. The van der Waals surface area contributed by atoms with Gasteiger partial charge in [0, 0.05) is 50.3 Å². The molecule has 22 heavy (non-hydrogen) atoms. The van der Waals surface area contributed by atoms with Crippen molar-refractivity contribution in [1.82, 2.24) is 20.1 Å². The van der Waals surface area contributed by atoms with Gasteiger partial charge in [-0.2, -0.15) is 0 Å². The zero-order valence-electron chi connectivity index (χ0n) is 14.0. The Balaban J connectivity index is 1.77. The number of likely N-dealkylation sites (N-methyl/N-ethyl adjacent to an activating group) is 1. The second kappa shape index (κ2) is 7.78. The van der Waals surface area contributed by atoms with Gasteiger partial charge in [0.05, 0.1) is 0 Å². The van der Waals surface area contributed by atoms with Crippen LogP contribution in [0.1, 0.15) is 13.8 Å². The van der Waals surface area contributed by atoms with Crippen molar-refractivity contribution in [1.29, 1.82) is 0 Å². The number of thiazole rings is 1. The highest BCUT2D eigenvalue weighted by atomic mass is 32.1. The third-order valence-corrected chi connectivity index (χ3v) is 4.98. The Labute approximate surface area is 137 Å². The van der Waals surface area contributed by atoms with Gasteiger partial charge in [0.1, 0.15) is 0 Å². The Morgan fingerprint density at radius 3 is 2.55 bits per heavy atom. The number of anilines is 1. The molecule has 0 saturated carbocycles. The molecule has 2 heterocycles. The Morgan fingerprint density at radius 1 is 1.36 bits per heavy atom. The lowest BCUT2D eigenvalue weighted by Gasteiger charge is -2.35. The molecule has 1 aromatic rings. The summed E-state index contributed by atoms with van der Waals surface area (Å²) >= 11 is 1.65. The zero-order valence-corrected chi connectivity index (χ0v) is 14.8. The summed E-state index contributed by atoms with van der Waals surface area (Å²) < 4.78 is 0. The van der Waals surface area contributed by atoms with Crippen LogP contribution in [0.3, 0.4) is 0 Å². The first kappa shape index (κ1) is 17.0. The summed E-state index contributed by atoms with van der Waals surface area (Å²) in [5.74, 6) is 0.511. The molecular formula is C15H27N5OS. The standard InChI is InChI=1S/C15H27N5OS/c1-12(2)13(18(3)4)11-17-14(21)19-6-8-20(9-7-19)15-16-5-10-22-15/h5,10,12-13H,6-9,11H2,1-4H3,(H,17,21)/t13-/m0/s1. The lowest BCUT2D eigenvalue weighted by molar-refractivity contribution is 0.182. The molecule has 2 amide bonds. The molecule has 0 spiro atoms. The Hall–Kier alpha value is -1.34. The summed E-state index contributed by atoms with van der Waals surface area (Å²) in [6.07, 6.45) is 1.83. The summed E-state index contributed by atoms with van der Waals surface area (Å²) in [5, 5.41) is 6.11. The molecule has 1 N–H and O–H groups in total. The fraction of sp³-hybridized carbons (Fsp3) is 0.733. The van der Waals surface area contributed by atoms with E-state index in [1.807, 2.05) is 16.5 Å². The number of amides is 2. The van der Waals surface area contributed by atoms with Crippen molar-refractivity contribution < 1.29 is 4.79 Å². The molecule has 124 valence electrons. The van der Waals surface area contributed by atoms with E-state index in [-0.39, 0.29) is 6.03 Å². The number of nitrogens with zero attached hydrogens (tertiary/aromatic N) is 4. The van der Waals surface area contributed by atoms with Crippen molar-refractivity contribution >= 4 is 22.5 Å². The molecule has 6 nitrogen and oxygen atoms in total. The van der Waals surface area contributed by atoms with E-state index in [1.54, 1.807) is 11.3 Å². The summed E-state index contributed by atoms with van der Waals surface area (Å²) in [4.78, 5) is 22.9. The Bertz CT molecular complexity index is 447. The maximum absolute atomic E-state index is 12.3. The van der Waals surface area contributed by atoms with E-state index in [2.05, 4.69) is 48.0 Å². The van der Waals surface area contributed by atoms with Crippen LogP contribution < -0.4 is 10.2 Å². The maximum atomic E-state index is 12.3. The Morgan fingerprint density at radius 2 is 2.05 bits per heavy atom. The summed E-state index contributed by atoms with van der Waals surface area (Å²) in [7, 11) is 4.12. The number of hydrogen-bond acceptors (Lipinski definition) is 5. The van der Waals surface area contributed by atoms with Gasteiger partial charge < -0.3 is 20.0 Å². The van der Waals surface area contributed by atoms with Crippen molar-refractivity contribution in [2.75, 3.05) is 51.7 Å². The smallest absolute Gasteiger partial charge is 0.317 e. The highest BCUT2D eigenvalue weighted by Gasteiger charge is 2.23. The van der Waals surface area contributed by atoms with Crippen molar-refractivity contribution in [3.8, 4) is 0 Å². The van der Waals surface area contributed by atoms with Crippen LogP contribution in [0.2, 0.25) is 0 Å². The Kier molecular flexibility index (Phi) is 6.02. The zero-order chi connectivity index (χ0) is 16.1. The molecule has 1 aliphatic rings. The van der Waals surface area contributed by atoms with Gasteiger partial charge in [-0.1, -0.05) is 13.8 Å². The molecule has 1 saturated heterocycles. The van der Waals surface area contributed by atoms with E-state index in [9.17, 15) is 4.79 Å². The average Bonchev–Trinajstić information content (AvgIpc) is 3.01. The largest absolute Gasteiger partial charge is 0.345 e. The molecule has 1 atom stereocenters. The summed E-state index contributed by atoms with van der Waals surface area (Å²) in [6, 6.07) is 0.409. The molecule has 1 aromatic heterocycles. The first-order valence-corrected chi connectivity index (χ1v) is 8.70. The van der Waals surface area contributed by atoms with Crippen LogP contribution in [0, 0.1) is 5.92 Å². The predicted molar refractivity (Wildman–Crippen MR) is 91.6 cm³/mol. The molecule has 0 aliphatic carbocycles. The van der Waals surface area contributed by atoms with Crippen LogP contribution in [-0.4, -0.2) is 73.7 Å². The van der Waals surface area contributed by atoms with Crippen molar-refractivity contribution in [3.05, 3.63) is 11.6 Å². The van der Waals surface area contributed by atoms with E-state index in [4.69, 9.17) is 0 Å². The highest BCUT2D eigenvalue weighted by molar-refractivity contribution is 7.13. The SMILES string of the molecule is CC(C)[C@H](CNC(=O)N1CCN(c2nccs2)CC1)N(C)C. The van der Waals surface area contributed by atoms with Gasteiger partial charge >= 0.3 is 6.03 Å². The molecule has 0 radical (unpaired) electrons. The van der Waals surface area contributed by atoms with Gasteiger partial charge in [0.15, 0.2) is 5.13 Å². The van der Waals surface area contributed by atoms with E-state index >= 15 is 0 Å². The average molecular weight is 325 g/mol. The second-order valence-electron chi connectivity index (χ2n) is 6.25. The van der Waals surface area contributed by atoms with Crippen LogP contribution in [0.4, 0.5) is 9.93 Å². The minimum Gasteiger partial charge on any atom is -0.345 e. The van der Waals surface area contributed by atoms with E-state index < -0.39 is 0 Å². The number of aromatic nitrogens is 1. The van der Waals surface area contributed by atoms with Crippen molar-refractivity contribution in [2.24, 2.45) is 5.92 Å². The van der Waals surface area contributed by atoms with Crippen LogP contribution in [0.25, 0.3) is 0 Å². The van der Waals surface area contributed by atoms with Gasteiger partial charge in [-0.25, -0.2) is 9.78 Å². The number of hydrogen-bond donors (Lipinski definition) is 1. The van der Waals surface area contributed by atoms with E-state index in [0.29, 0.717) is 18.5 Å². The fourth-order valence-corrected chi connectivity index (χ4v) is 3.49. The number of rotatable bonds is 5. The first-order valence-electron chi connectivity index (χ1n) is 7.82. The number of carbonyl (C=O) groups is 1. The highest BCUT2D eigenvalue weighted by Crippen LogP contribution is 2.18. The summed E-state index contributed by atoms with van der Waals surface area (Å²) in [6.45, 7) is 8.26. The predicted octanol–water partition coefficient (Wildman–Crippen LogP) is 1.56. The topological polar surface area (TPSA) is 51.7 Å². The lowest BCUT2D eigenvalue weighted by atomic mass is 10.0. The quantitative estimate of drug-likeness (QED) is 0.893. The van der Waals surface area contributed by atoms with Crippen molar-refractivity contribution in [2.45, 2.75) is 19.9 Å². The molecule has 1 fully saturated rings. The van der Waals surface area contributed by atoms with Gasteiger partial charge in [-0.3, -0.25) is 0 Å². The molecular weight excluding hydrogens is 298 g/mol. The van der Waals surface area contributed by atoms with Crippen LogP contribution in [-0.2, 0) is 0 Å². The van der Waals surface area contributed by atoms with Crippen LogP contribution in [0.15, 0.2) is 11.6 Å². The van der Waals surface area contributed by atoms with Crippen LogP contribution >= 0.6 is 11.3 Å². The molecule has 0 aromatic carbocycles. The van der Waals surface area contributed by atoms with Gasteiger partial charge in [-0.15, -0.1) is 11.3 Å². The van der Waals surface area contributed by atoms with E-state index in [0.717, 1.165) is 31.3 Å². The second-order valence-corrected chi connectivity index (χ2v) is 7.12. The van der Waals surface area contributed by atoms with E-state index in [1.165, 1.54) is 0 Å². The minimum atomic E-state index is 0.0475. The summed E-state index contributed by atoms with van der Waals surface area (Å²) in [5.41, 5.74) is 0. The van der Waals surface area contributed by atoms with Crippen LogP contribution in [0.5, 0.6) is 0 Å². The monoisotopic (exact) mass is 325 g/mol. The first-order chi connectivity index (χ1) is 10.5. The van der Waals surface area contributed by atoms with Gasteiger partial charge in [-0.05, 0) is 20.0 Å². The van der Waals surface area contributed by atoms with Gasteiger partial charge in [0.2, 0.25) is 0 Å². The minimum absolute atomic E-state index is 0.0475. The molecule has 0 bridgehead atoms. The fourth-order valence-electron chi connectivity index (χ4n) is 2.79. The third-order valence-electron chi connectivity index (χ3n) is 4.15. The number of nitrogens with one attached hydrogen (secondary N) is 1. The van der Waals surface area contributed by atoms with Crippen molar-refractivity contribution in [3.63, 3.8) is 0 Å². The number of piperazine rings is 1. The third kappa shape index (κ3) is 4.33. The molecule has 1 aliphatic heterocycles. The lowest BCUT2D eigenvalue weighted by Crippen LogP contribution is -2.54. The maximum Gasteiger partial charge on any atom is 0.317 e. The van der Waals surface area contributed by atoms with Gasteiger partial charge in [0.25, 0.3) is 0 Å². The normalized spacial score (nSPS) is 17.2. The molecule has 7 heteroatoms. The molecule has 2 rings (SSSR count). The number of urea groups is 1. The molecule has 0 unspecified atom stereocenters.